The number of hydrogen-bond donors (Lipinski definition) is 2. The van der Waals surface area contributed by atoms with Gasteiger partial charge in [0, 0.05) is 30.9 Å². The zero-order valence-electron chi connectivity index (χ0n) is 11.1. The minimum atomic E-state index is 0.118. The Balaban J connectivity index is 1.47. The van der Waals surface area contributed by atoms with Crippen molar-refractivity contribution in [2.24, 2.45) is 0 Å². The Bertz CT molecular complexity index is 453. The number of likely N-dealkylation sites (tertiary alicyclic amines) is 1. The molecule has 1 aromatic rings. The van der Waals surface area contributed by atoms with E-state index in [1.807, 2.05) is 24.3 Å². The summed E-state index contributed by atoms with van der Waals surface area (Å²) in [5.74, 6) is 0.118. The van der Waals surface area contributed by atoms with Crippen molar-refractivity contribution < 1.29 is 4.79 Å². The molecule has 1 unspecified atom stereocenters. The van der Waals surface area contributed by atoms with Crippen LogP contribution in [0.25, 0.3) is 0 Å². The predicted octanol–water partition coefficient (Wildman–Crippen LogP) is 1.16. The SMILES string of the molecule is Nc1ccc(CC(=O)NC2CCN(C3CC3)C2)cc1. The third-order valence-corrected chi connectivity index (χ3v) is 3.99. The molecule has 19 heavy (non-hydrogen) atoms. The van der Waals surface area contributed by atoms with Gasteiger partial charge in [-0.25, -0.2) is 0 Å². The lowest BCUT2D eigenvalue weighted by Gasteiger charge is -2.15. The Kier molecular flexibility index (Phi) is 3.42. The maximum atomic E-state index is 12.0. The van der Waals surface area contributed by atoms with E-state index in [9.17, 15) is 4.79 Å². The first-order valence-corrected chi connectivity index (χ1v) is 7.08. The van der Waals surface area contributed by atoms with E-state index in [1.54, 1.807) is 0 Å². The van der Waals surface area contributed by atoms with Gasteiger partial charge in [0.15, 0.2) is 0 Å². The number of nitrogens with two attached hydrogens (primary N) is 1. The highest BCUT2D eigenvalue weighted by Gasteiger charge is 2.34. The van der Waals surface area contributed by atoms with Crippen LogP contribution in [0.1, 0.15) is 24.8 Å². The average Bonchev–Trinajstić information content (AvgIpc) is 3.14. The van der Waals surface area contributed by atoms with Crippen LogP contribution in [0.2, 0.25) is 0 Å². The molecule has 3 N–H and O–H groups in total. The van der Waals surface area contributed by atoms with Gasteiger partial charge in [0.1, 0.15) is 0 Å². The van der Waals surface area contributed by atoms with Gasteiger partial charge < -0.3 is 11.1 Å². The molecule has 2 fully saturated rings. The Morgan fingerprint density at radius 3 is 2.68 bits per heavy atom. The molecule has 1 aliphatic carbocycles. The second kappa shape index (κ2) is 5.21. The molecule has 0 aromatic heterocycles. The van der Waals surface area contributed by atoms with E-state index in [2.05, 4.69) is 10.2 Å². The summed E-state index contributed by atoms with van der Waals surface area (Å²) in [5, 5.41) is 3.14. The first-order chi connectivity index (χ1) is 9.20. The van der Waals surface area contributed by atoms with E-state index in [-0.39, 0.29) is 5.91 Å². The number of anilines is 1. The van der Waals surface area contributed by atoms with Crippen molar-refractivity contribution >= 4 is 11.6 Å². The smallest absolute Gasteiger partial charge is 0.224 e. The van der Waals surface area contributed by atoms with Gasteiger partial charge in [-0.3, -0.25) is 9.69 Å². The number of nitrogens with one attached hydrogen (secondary N) is 1. The number of benzene rings is 1. The normalized spacial score (nSPS) is 23.5. The van der Waals surface area contributed by atoms with Gasteiger partial charge in [0.2, 0.25) is 5.91 Å². The van der Waals surface area contributed by atoms with Gasteiger partial charge in [-0.1, -0.05) is 12.1 Å². The van der Waals surface area contributed by atoms with Crippen LogP contribution in [0.15, 0.2) is 24.3 Å². The van der Waals surface area contributed by atoms with E-state index in [4.69, 9.17) is 5.73 Å². The number of rotatable bonds is 4. The summed E-state index contributed by atoms with van der Waals surface area (Å²) in [6.07, 6.45) is 4.21. The lowest BCUT2D eigenvalue weighted by atomic mass is 10.1. The molecule has 1 saturated carbocycles. The molecule has 0 spiro atoms. The first kappa shape index (κ1) is 12.5. The molecule has 1 heterocycles. The van der Waals surface area contributed by atoms with Crippen molar-refractivity contribution in [3.05, 3.63) is 29.8 Å². The summed E-state index contributed by atoms with van der Waals surface area (Å²) in [7, 11) is 0. The molecule has 2 aliphatic rings. The van der Waals surface area contributed by atoms with Crippen LogP contribution in [0.3, 0.4) is 0 Å². The Morgan fingerprint density at radius 1 is 1.26 bits per heavy atom. The average molecular weight is 259 g/mol. The van der Waals surface area contributed by atoms with E-state index < -0.39 is 0 Å². The molecule has 0 bridgehead atoms. The van der Waals surface area contributed by atoms with Crippen molar-refractivity contribution in [1.82, 2.24) is 10.2 Å². The third kappa shape index (κ3) is 3.26. The monoisotopic (exact) mass is 259 g/mol. The Morgan fingerprint density at radius 2 is 2.00 bits per heavy atom. The summed E-state index contributed by atoms with van der Waals surface area (Å²) >= 11 is 0. The molecule has 4 heteroatoms. The molecule has 1 atom stereocenters. The highest BCUT2D eigenvalue weighted by atomic mass is 16.1. The van der Waals surface area contributed by atoms with E-state index >= 15 is 0 Å². The second-order valence-electron chi connectivity index (χ2n) is 5.70. The number of carbonyl (C=O) groups excluding carboxylic acids is 1. The maximum Gasteiger partial charge on any atom is 0.224 e. The topological polar surface area (TPSA) is 58.4 Å². The number of nitrogen functional groups attached to an aromatic ring is 1. The van der Waals surface area contributed by atoms with Crippen molar-refractivity contribution in [2.75, 3.05) is 18.8 Å². The molecule has 102 valence electrons. The lowest BCUT2D eigenvalue weighted by Crippen LogP contribution is -2.38. The van der Waals surface area contributed by atoms with Crippen molar-refractivity contribution in [1.29, 1.82) is 0 Å². The predicted molar refractivity (Wildman–Crippen MR) is 75.7 cm³/mol. The molecular formula is C15H21N3O. The summed E-state index contributed by atoms with van der Waals surface area (Å²) in [6, 6.07) is 8.65. The van der Waals surface area contributed by atoms with Gasteiger partial charge in [-0.2, -0.15) is 0 Å². The highest BCUT2D eigenvalue weighted by Crippen LogP contribution is 2.29. The van der Waals surface area contributed by atoms with E-state index in [1.165, 1.54) is 12.8 Å². The number of amides is 1. The minimum absolute atomic E-state index is 0.118. The van der Waals surface area contributed by atoms with Gasteiger partial charge in [0.25, 0.3) is 0 Å². The quantitative estimate of drug-likeness (QED) is 0.798. The molecule has 1 amide bonds. The number of hydrogen-bond acceptors (Lipinski definition) is 3. The second-order valence-corrected chi connectivity index (χ2v) is 5.70. The van der Waals surface area contributed by atoms with Crippen LogP contribution in [-0.4, -0.2) is 36.0 Å². The fourth-order valence-electron chi connectivity index (χ4n) is 2.78. The zero-order valence-corrected chi connectivity index (χ0v) is 11.1. The van der Waals surface area contributed by atoms with E-state index in [0.717, 1.165) is 36.8 Å². The summed E-state index contributed by atoms with van der Waals surface area (Å²) in [6.45, 7) is 2.16. The van der Waals surface area contributed by atoms with Crippen molar-refractivity contribution in [3.8, 4) is 0 Å². The fourth-order valence-corrected chi connectivity index (χ4v) is 2.78. The van der Waals surface area contributed by atoms with Crippen LogP contribution in [-0.2, 0) is 11.2 Å². The maximum absolute atomic E-state index is 12.0. The Labute approximate surface area is 114 Å². The molecule has 1 saturated heterocycles. The molecule has 3 rings (SSSR count). The molecule has 4 nitrogen and oxygen atoms in total. The minimum Gasteiger partial charge on any atom is -0.399 e. The standard InChI is InChI=1S/C15H21N3O/c16-12-3-1-11(2-4-12)9-15(19)17-13-7-8-18(10-13)14-5-6-14/h1-4,13-14H,5-10,16H2,(H,17,19). The molecule has 0 radical (unpaired) electrons. The van der Waals surface area contributed by atoms with Crippen molar-refractivity contribution in [3.63, 3.8) is 0 Å². The zero-order chi connectivity index (χ0) is 13.2. The number of carbonyl (C=O) groups is 1. The van der Waals surface area contributed by atoms with Crippen LogP contribution < -0.4 is 11.1 Å². The van der Waals surface area contributed by atoms with Gasteiger partial charge in [-0.15, -0.1) is 0 Å². The van der Waals surface area contributed by atoms with Crippen LogP contribution >= 0.6 is 0 Å². The Hall–Kier alpha value is -1.55. The third-order valence-electron chi connectivity index (χ3n) is 3.99. The van der Waals surface area contributed by atoms with Crippen LogP contribution in [0, 0.1) is 0 Å². The molecule has 1 aromatic carbocycles. The highest BCUT2D eigenvalue weighted by molar-refractivity contribution is 5.79. The number of nitrogens with zero attached hydrogens (tertiary/aromatic N) is 1. The largest absolute Gasteiger partial charge is 0.399 e. The van der Waals surface area contributed by atoms with E-state index in [0.29, 0.717) is 12.5 Å². The van der Waals surface area contributed by atoms with Gasteiger partial charge in [0.05, 0.1) is 6.42 Å². The fraction of sp³-hybridized carbons (Fsp3) is 0.533. The van der Waals surface area contributed by atoms with Crippen LogP contribution in [0.4, 0.5) is 5.69 Å². The summed E-state index contributed by atoms with van der Waals surface area (Å²) in [4.78, 5) is 14.5. The summed E-state index contributed by atoms with van der Waals surface area (Å²) in [5.41, 5.74) is 7.39. The van der Waals surface area contributed by atoms with Crippen LogP contribution in [0.5, 0.6) is 0 Å². The molecule has 1 aliphatic heterocycles. The first-order valence-electron chi connectivity index (χ1n) is 7.08. The van der Waals surface area contributed by atoms with Gasteiger partial charge in [-0.05, 0) is 37.0 Å². The lowest BCUT2D eigenvalue weighted by molar-refractivity contribution is -0.121. The summed E-state index contributed by atoms with van der Waals surface area (Å²) < 4.78 is 0. The molecular weight excluding hydrogens is 238 g/mol. The van der Waals surface area contributed by atoms with Gasteiger partial charge >= 0.3 is 0 Å². The van der Waals surface area contributed by atoms with Crippen molar-refractivity contribution in [2.45, 2.75) is 37.8 Å².